The molecule has 0 N–H and O–H groups in total. The summed E-state index contributed by atoms with van der Waals surface area (Å²) in [6, 6.07) is 6.19. The van der Waals surface area contributed by atoms with Crippen LogP contribution in [-0.4, -0.2) is 38.3 Å². The molecule has 2 aliphatic heterocycles. The Morgan fingerprint density at radius 3 is 3.06 bits per heavy atom. The maximum Gasteiger partial charge on any atom is 0.123 e. The standard InChI is InChI=1S/C15H21NO2/c1-3-6-16-8-11-10-18-15-5-4-12(17-2)7-13(15)14(11)9-16/h4-5,7,11,14H,3,6,8-10H2,1-2H3/t11-,14-/m1/s1. The van der Waals surface area contributed by atoms with E-state index in [0.29, 0.717) is 11.8 Å². The van der Waals surface area contributed by atoms with Crippen molar-refractivity contribution in [1.29, 1.82) is 0 Å². The van der Waals surface area contributed by atoms with E-state index in [1.807, 2.05) is 12.1 Å². The lowest BCUT2D eigenvalue weighted by Crippen LogP contribution is -2.25. The summed E-state index contributed by atoms with van der Waals surface area (Å²) in [4.78, 5) is 2.56. The van der Waals surface area contributed by atoms with E-state index in [0.717, 1.165) is 18.1 Å². The van der Waals surface area contributed by atoms with Crippen molar-refractivity contribution in [3.8, 4) is 11.5 Å². The molecule has 0 bridgehead atoms. The van der Waals surface area contributed by atoms with E-state index in [1.165, 1.54) is 31.6 Å². The number of rotatable bonds is 3. The van der Waals surface area contributed by atoms with E-state index in [9.17, 15) is 0 Å². The third-order valence-corrected chi connectivity index (χ3v) is 4.13. The summed E-state index contributed by atoms with van der Waals surface area (Å²) in [5.41, 5.74) is 1.34. The minimum Gasteiger partial charge on any atom is -0.497 e. The van der Waals surface area contributed by atoms with Crippen molar-refractivity contribution < 1.29 is 9.47 Å². The summed E-state index contributed by atoms with van der Waals surface area (Å²) in [7, 11) is 1.72. The summed E-state index contributed by atoms with van der Waals surface area (Å²) in [5, 5.41) is 0. The van der Waals surface area contributed by atoms with Gasteiger partial charge >= 0.3 is 0 Å². The van der Waals surface area contributed by atoms with Gasteiger partial charge in [0.05, 0.1) is 13.7 Å². The lowest BCUT2D eigenvalue weighted by molar-refractivity contribution is 0.212. The van der Waals surface area contributed by atoms with E-state index in [4.69, 9.17) is 9.47 Å². The second kappa shape index (κ2) is 4.81. The number of fused-ring (bicyclic) bond motifs is 3. The van der Waals surface area contributed by atoms with Gasteiger partial charge in [0.15, 0.2) is 0 Å². The van der Waals surface area contributed by atoms with Crippen LogP contribution in [0.15, 0.2) is 18.2 Å². The van der Waals surface area contributed by atoms with E-state index in [1.54, 1.807) is 7.11 Å². The van der Waals surface area contributed by atoms with Crippen molar-refractivity contribution in [2.75, 3.05) is 33.4 Å². The topological polar surface area (TPSA) is 21.7 Å². The molecule has 18 heavy (non-hydrogen) atoms. The Balaban J connectivity index is 1.87. The summed E-state index contributed by atoms with van der Waals surface area (Å²) >= 11 is 0. The van der Waals surface area contributed by atoms with Crippen molar-refractivity contribution in [2.24, 2.45) is 5.92 Å². The van der Waals surface area contributed by atoms with Crippen LogP contribution in [0, 0.1) is 5.92 Å². The molecular weight excluding hydrogens is 226 g/mol. The second-order valence-corrected chi connectivity index (χ2v) is 5.34. The summed E-state index contributed by atoms with van der Waals surface area (Å²) < 4.78 is 11.2. The van der Waals surface area contributed by atoms with Gasteiger partial charge in [-0.15, -0.1) is 0 Å². The molecule has 0 radical (unpaired) electrons. The minimum atomic E-state index is 0.621. The zero-order valence-electron chi connectivity index (χ0n) is 11.2. The number of likely N-dealkylation sites (tertiary alicyclic amines) is 1. The molecule has 0 amide bonds. The highest BCUT2D eigenvalue weighted by molar-refractivity contribution is 5.44. The van der Waals surface area contributed by atoms with Gasteiger partial charge in [-0.1, -0.05) is 6.92 Å². The smallest absolute Gasteiger partial charge is 0.123 e. The van der Waals surface area contributed by atoms with Crippen LogP contribution in [0.25, 0.3) is 0 Å². The van der Waals surface area contributed by atoms with Gasteiger partial charge in [-0.3, -0.25) is 0 Å². The molecule has 0 unspecified atom stereocenters. The predicted octanol–water partition coefficient (Wildman–Crippen LogP) is 2.51. The zero-order chi connectivity index (χ0) is 12.5. The monoisotopic (exact) mass is 247 g/mol. The van der Waals surface area contributed by atoms with Gasteiger partial charge < -0.3 is 14.4 Å². The van der Waals surface area contributed by atoms with Crippen molar-refractivity contribution in [3.05, 3.63) is 23.8 Å². The van der Waals surface area contributed by atoms with E-state index in [2.05, 4.69) is 17.9 Å². The first-order valence-electron chi connectivity index (χ1n) is 6.85. The van der Waals surface area contributed by atoms with Crippen molar-refractivity contribution >= 4 is 0 Å². The van der Waals surface area contributed by atoms with Crippen LogP contribution in [0.2, 0.25) is 0 Å². The number of hydrogen-bond donors (Lipinski definition) is 0. The Kier molecular flexibility index (Phi) is 3.16. The Morgan fingerprint density at radius 2 is 2.28 bits per heavy atom. The van der Waals surface area contributed by atoms with Gasteiger partial charge in [0.2, 0.25) is 0 Å². The second-order valence-electron chi connectivity index (χ2n) is 5.34. The normalized spacial score (nSPS) is 26.3. The molecule has 98 valence electrons. The summed E-state index contributed by atoms with van der Waals surface area (Å²) in [6.07, 6.45) is 1.23. The molecule has 0 aliphatic carbocycles. The van der Waals surface area contributed by atoms with Gasteiger partial charge in [-0.25, -0.2) is 0 Å². The van der Waals surface area contributed by atoms with Crippen molar-refractivity contribution in [2.45, 2.75) is 19.3 Å². The van der Waals surface area contributed by atoms with Crippen LogP contribution in [0.1, 0.15) is 24.8 Å². The summed E-state index contributed by atoms with van der Waals surface area (Å²) in [5.74, 6) is 3.26. The van der Waals surface area contributed by atoms with Crippen LogP contribution in [0.5, 0.6) is 11.5 Å². The van der Waals surface area contributed by atoms with Crippen molar-refractivity contribution in [1.82, 2.24) is 4.90 Å². The molecule has 1 saturated heterocycles. The average molecular weight is 247 g/mol. The van der Waals surface area contributed by atoms with Gasteiger partial charge in [0.1, 0.15) is 11.5 Å². The number of ether oxygens (including phenoxy) is 2. The van der Waals surface area contributed by atoms with Crippen LogP contribution in [0.4, 0.5) is 0 Å². The Hall–Kier alpha value is -1.22. The third-order valence-electron chi connectivity index (χ3n) is 4.13. The maximum atomic E-state index is 5.88. The molecule has 1 aromatic rings. The number of methoxy groups -OCH3 is 1. The third kappa shape index (κ3) is 1.97. The Bertz CT molecular complexity index is 433. The minimum absolute atomic E-state index is 0.621. The highest BCUT2D eigenvalue weighted by Crippen LogP contribution is 2.42. The van der Waals surface area contributed by atoms with Gasteiger partial charge in [-0.2, -0.15) is 0 Å². The first-order valence-corrected chi connectivity index (χ1v) is 6.85. The molecule has 0 spiro atoms. The van der Waals surface area contributed by atoms with E-state index >= 15 is 0 Å². The largest absolute Gasteiger partial charge is 0.497 e. The quantitative estimate of drug-likeness (QED) is 0.819. The fraction of sp³-hybridized carbons (Fsp3) is 0.600. The van der Waals surface area contributed by atoms with Gasteiger partial charge in [0, 0.05) is 30.5 Å². The van der Waals surface area contributed by atoms with E-state index < -0.39 is 0 Å². The first kappa shape index (κ1) is 11.8. The fourth-order valence-corrected chi connectivity index (χ4v) is 3.25. The molecule has 3 rings (SSSR count). The Labute approximate surface area is 109 Å². The van der Waals surface area contributed by atoms with Gasteiger partial charge in [-0.05, 0) is 31.2 Å². The highest BCUT2D eigenvalue weighted by Gasteiger charge is 2.38. The molecule has 3 heteroatoms. The van der Waals surface area contributed by atoms with E-state index in [-0.39, 0.29) is 0 Å². The van der Waals surface area contributed by atoms with Gasteiger partial charge in [0.25, 0.3) is 0 Å². The highest BCUT2D eigenvalue weighted by atomic mass is 16.5. The molecule has 0 saturated carbocycles. The maximum absolute atomic E-state index is 5.88. The SMILES string of the molecule is CCCN1C[C@@H]2COc3ccc(OC)cc3[C@@H]2C1. The molecule has 1 fully saturated rings. The van der Waals surface area contributed by atoms with Crippen LogP contribution in [-0.2, 0) is 0 Å². The van der Waals surface area contributed by atoms with Crippen LogP contribution in [0.3, 0.4) is 0 Å². The molecule has 1 aromatic carbocycles. The lowest BCUT2D eigenvalue weighted by Gasteiger charge is -2.28. The number of nitrogens with zero attached hydrogens (tertiary/aromatic N) is 1. The van der Waals surface area contributed by atoms with Crippen molar-refractivity contribution in [3.63, 3.8) is 0 Å². The Morgan fingerprint density at radius 1 is 1.39 bits per heavy atom. The first-order chi connectivity index (χ1) is 8.81. The predicted molar refractivity (Wildman–Crippen MR) is 71.5 cm³/mol. The fourth-order valence-electron chi connectivity index (χ4n) is 3.25. The molecular formula is C15H21NO2. The number of hydrogen-bond acceptors (Lipinski definition) is 3. The lowest BCUT2D eigenvalue weighted by atomic mass is 9.87. The van der Waals surface area contributed by atoms with Crippen LogP contribution < -0.4 is 9.47 Å². The van der Waals surface area contributed by atoms with Crippen LogP contribution >= 0.6 is 0 Å². The number of benzene rings is 1. The molecule has 3 nitrogen and oxygen atoms in total. The molecule has 2 aliphatic rings. The molecule has 2 atom stereocenters. The zero-order valence-corrected chi connectivity index (χ0v) is 11.2. The average Bonchev–Trinajstić information content (AvgIpc) is 2.81. The molecule has 0 aromatic heterocycles. The summed E-state index contributed by atoms with van der Waals surface area (Å²) in [6.45, 7) is 6.66. The molecule has 2 heterocycles.